The third kappa shape index (κ3) is 3.66. The van der Waals surface area contributed by atoms with E-state index in [0.29, 0.717) is 18.4 Å². The molecule has 0 amide bonds. The quantitative estimate of drug-likeness (QED) is 0.425. The first-order valence-electron chi connectivity index (χ1n) is 10.4. The SMILES string of the molecule is O=C1C[C@@H](c2ccc(F)cc2)CC2=Nc3ccccc3N[C@H](c3cccc([N+](=O)[O-])c3)[C@H]12. The molecule has 0 unspecified atom stereocenters. The summed E-state index contributed by atoms with van der Waals surface area (Å²) in [6.07, 6.45) is 0.863. The maximum Gasteiger partial charge on any atom is 0.269 e. The van der Waals surface area contributed by atoms with E-state index in [4.69, 9.17) is 4.99 Å². The highest BCUT2D eigenvalue weighted by molar-refractivity contribution is 6.10. The summed E-state index contributed by atoms with van der Waals surface area (Å²) in [5, 5.41) is 14.8. The van der Waals surface area contributed by atoms with Crippen LogP contribution in [0.25, 0.3) is 0 Å². The molecule has 0 saturated heterocycles. The molecule has 2 aliphatic rings. The number of para-hydroxylation sites is 2. The van der Waals surface area contributed by atoms with Crippen molar-refractivity contribution < 1.29 is 14.1 Å². The zero-order valence-electron chi connectivity index (χ0n) is 17.1. The molecule has 0 bridgehead atoms. The highest BCUT2D eigenvalue weighted by Gasteiger charge is 2.41. The highest BCUT2D eigenvalue weighted by atomic mass is 19.1. The number of carbonyl (C=O) groups is 1. The predicted molar refractivity (Wildman–Crippen MR) is 120 cm³/mol. The minimum atomic E-state index is -0.541. The van der Waals surface area contributed by atoms with Crippen LogP contribution in [0.4, 0.5) is 21.5 Å². The molecule has 1 heterocycles. The number of fused-ring (bicyclic) bond motifs is 2. The summed E-state index contributed by atoms with van der Waals surface area (Å²) in [5.41, 5.74) is 3.79. The van der Waals surface area contributed by atoms with Gasteiger partial charge in [0.05, 0.1) is 28.3 Å². The van der Waals surface area contributed by atoms with E-state index in [1.54, 1.807) is 24.3 Å². The Morgan fingerprint density at radius 2 is 1.75 bits per heavy atom. The number of carbonyl (C=O) groups excluding carboxylic acids is 1. The summed E-state index contributed by atoms with van der Waals surface area (Å²) in [6, 6.07) is 19.7. The van der Waals surface area contributed by atoms with Crippen LogP contribution in [0.3, 0.4) is 0 Å². The molecule has 1 saturated carbocycles. The first kappa shape index (κ1) is 20.1. The standard InChI is InChI=1S/C25H20FN3O3/c26-18-10-8-15(9-11-18)17-13-22-24(23(30)14-17)25(16-4-3-5-19(12-16)29(31)32)28-21-7-2-1-6-20(21)27-22/h1-12,17,24-25,28H,13-14H2/t17-,24-,25+/m0/s1. The van der Waals surface area contributed by atoms with Crippen molar-refractivity contribution in [1.29, 1.82) is 0 Å². The van der Waals surface area contributed by atoms with E-state index in [1.807, 2.05) is 24.3 Å². The molecular formula is C25H20FN3O3. The predicted octanol–water partition coefficient (Wildman–Crippen LogP) is 5.74. The van der Waals surface area contributed by atoms with Crippen molar-refractivity contribution >= 4 is 28.6 Å². The maximum absolute atomic E-state index is 13.5. The number of nitro benzene ring substituents is 1. The van der Waals surface area contributed by atoms with Crippen LogP contribution >= 0.6 is 0 Å². The van der Waals surface area contributed by atoms with Crippen molar-refractivity contribution in [2.75, 3.05) is 5.32 Å². The molecular weight excluding hydrogens is 409 g/mol. The largest absolute Gasteiger partial charge is 0.375 e. The molecule has 160 valence electrons. The van der Waals surface area contributed by atoms with Crippen LogP contribution in [-0.2, 0) is 4.79 Å². The third-order valence-electron chi connectivity index (χ3n) is 6.20. The average molecular weight is 429 g/mol. The molecule has 1 fully saturated rings. The average Bonchev–Trinajstić information content (AvgIpc) is 2.96. The number of benzene rings is 3. The number of halogens is 1. The number of anilines is 1. The number of nitrogens with zero attached hydrogens (tertiary/aromatic N) is 2. The Labute approximate surface area is 184 Å². The lowest BCUT2D eigenvalue weighted by Gasteiger charge is -2.34. The lowest BCUT2D eigenvalue weighted by atomic mass is 9.72. The van der Waals surface area contributed by atoms with E-state index in [2.05, 4.69) is 5.32 Å². The molecule has 1 aliphatic carbocycles. The lowest BCUT2D eigenvalue weighted by molar-refractivity contribution is -0.384. The molecule has 7 heteroatoms. The van der Waals surface area contributed by atoms with Gasteiger partial charge >= 0.3 is 0 Å². The van der Waals surface area contributed by atoms with Gasteiger partial charge in [0, 0.05) is 24.3 Å². The van der Waals surface area contributed by atoms with Gasteiger partial charge in [0.15, 0.2) is 0 Å². The van der Waals surface area contributed by atoms with Gasteiger partial charge in [-0.2, -0.15) is 0 Å². The van der Waals surface area contributed by atoms with Gasteiger partial charge in [0.1, 0.15) is 11.6 Å². The fraction of sp³-hybridized carbons (Fsp3) is 0.200. The lowest BCUT2D eigenvalue weighted by Crippen LogP contribution is -2.38. The normalized spacial score (nSPS) is 22.1. The van der Waals surface area contributed by atoms with E-state index in [0.717, 1.165) is 22.6 Å². The van der Waals surface area contributed by atoms with Crippen molar-refractivity contribution in [3.8, 4) is 0 Å². The first-order valence-corrected chi connectivity index (χ1v) is 10.4. The fourth-order valence-electron chi connectivity index (χ4n) is 4.68. The molecule has 0 radical (unpaired) electrons. The van der Waals surface area contributed by atoms with Crippen molar-refractivity contribution in [3.63, 3.8) is 0 Å². The van der Waals surface area contributed by atoms with E-state index in [-0.39, 0.29) is 23.2 Å². The maximum atomic E-state index is 13.5. The number of aliphatic imine (C=N–C) groups is 1. The van der Waals surface area contributed by atoms with Crippen LogP contribution in [0.1, 0.15) is 35.9 Å². The number of hydrogen-bond acceptors (Lipinski definition) is 5. The van der Waals surface area contributed by atoms with Gasteiger partial charge in [-0.1, -0.05) is 36.4 Å². The molecule has 1 aliphatic heterocycles. The molecule has 0 spiro atoms. The van der Waals surface area contributed by atoms with Gasteiger partial charge in [-0.25, -0.2) is 4.39 Å². The van der Waals surface area contributed by atoms with E-state index >= 15 is 0 Å². The molecule has 5 rings (SSSR count). The van der Waals surface area contributed by atoms with Crippen LogP contribution < -0.4 is 5.32 Å². The van der Waals surface area contributed by atoms with E-state index in [1.165, 1.54) is 24.3 Å². The number of nitrogens with one attached hydrogen (secondary N) is 1. The number of nitro groups is 1. The number of hydrogen-bond donors (Lipinski definition) is 1. The molecule has 0 aromatic heterocycles. The Hall–Kier alpha value is -3.87. The van der Waals surface area contributed by atoms with Gasteiger partial charge in [-0.05, 0) is 47.7 Å². The minimum Gasteiger partial charge on any atom is -0.375 e. The van der Waals surface area contributed by atoms with Crippen LogP contribution in [0.2, 0.25) is 0 Å². The molecule has 1 N–H and O–H groups in total. The van der Waals surface area contributed by atoms with E-state index in [9.17, 15) is 19.3 Å². The smallest absolute Gasteiger partial charge is 0.269 e. The first-order chi connectivity index (χ1) is 15.5. The van der Waals surface area contributed by atoms with Crippen LogP contribution in [0, 0.1) is 21.8 Å². The van der Waals surface area contributed by atoms with Gasteiger partial charge in [-0.15, -0.1) is 0 Å². The number of non-ortho nitro benzene ring substituents is 1. The van der Waals surface area contributed by atoms with Crippen molar-refractivity contribution in [2.45, 2.75) is 24.8 Å². The van der Waals surface area contributed by atoms with E-state index < -0.39 is 16.9 Å². The fourth-order valence-corrected chi connectivity index (χ4v) is 4.68. The molecule has 3 atom stereocenters. The minimum absolute atomic E-state index is 0.0149. The van der Waals surface area contributed by atoms with Crippen LogP contribution in [0.5, 0.6) is 0 Å². The Morgan fingerprint density at radius 1 is 0.969 bits per heavy atom. The van der Waals surface area contributed by atoms with Gasteiger partial charge < -0.3 is 5.32 Å². The Balaban J connectivity index is 1.59. The number of ketones is 1. The third-order valence-corrected chi connectivity index (χ3v) is 6.20. The highest BCUT2D eigenvalue weighted by Crippen LogP contribution is 2.44. The Bertz CT molecular complexity index is 1240. The second-order valence-electron chi connectivity index (χ2n) is 8.20. The van der Waals surface area contributed by atoms with Gasteiger partial charge in [-0.3, -0.25) is 19.9 Å². The topological polar surface area (TPSA) is 84.6 Å². The number of rotatable bonds is 3. The van der Waals surface area contributed by atoms with Crippen molar-refractivity contribution in [2.24, 2.45) is 10.9 Å². The van der Waals surface area contributed by atoms with Gasteiger partial charge in [0.2, 0.25) is 0 Å². The summed E-state index contributed by atoms with van der Waals surface area (Å²) in [4.78, 5) is 29.2. The Morgan fingerprint density at radius 3 is 2.53 bits per heavy atom. The Kier molecular flexibility index (Phi) is 5.01. The number of Topliss-reactive ketones (excluding diaryl/α,β-unsaturated/α-hetero) is 1. The van der Waals surface area contributed by atoms with Crippen LogP contribution in [0.15, 0.2) is 77.8 Å². The molecule has 3 aromatic rings. The van der Waals surface area contributed by atoms with Gasteiger partial charge in [0.25, 0.3) is 5.69 Å². The van der Waals surface area contributed by atoms with Crippen LogP contribution in [-0.4, -0.2) is 16.4 Å². The summed E-state index contributed by atoms with van der Waals surface area (Å²) in [5.74, 6) is -0.930. The zero-order chi connectivity index (χ0) is 22.2. The monoisotopic (exact) mass is 429 g/mol. The zero-order valence-corrected chi connectivity index (χ0v) is 17.1. The summed E-state index contributed by atoms with van der Waals surface area (Å²) in [6.45, 7) is 0. The second kappa shape index (κ2) is 8.00. The molecule has 6 nitrogen and oxygen atoms in total. The second-order valence-corrected chi connectivity index (χ2v) is 8.20. The summed E-state index contributed by atoms with van der Waals surface area (Å²) >= 11 is 0. The summed E-state index contributed by atoms with van der Waals surface area (Å²) in [7, 11) is 0. The summed E-state index contributed by atoms with van der Waals surface area (Å²) < 4.78 is 13.4. The van der Waals surface area contributed by atoms with Crippen molar-refractivity contribution in [3.05, 3.63) is 99.9 Å². The van der Waals surface area contributed by atoms with Crippen molar-refractivity contribution in [1.82, 2.24) is 0 Å². The molecule has 32 heavy (non-hydrogen) atoms. The molecule has 3 aromatic carbocycles.